The van der Waals surface area contributed by atoms with Crippen molar-refractivity contribution in [3.63, 3.8) is 0 Å². The summed E-state index contributed by atoms with van der Waals surface area (Å²) in [6.45, 7) is 1.62. The van der Waals surface area contributed by atoms with E-state index >= 15 is 0 Å². The number of benzene rings is 2. The highest BCUT2D eigenvalue weighted by molar-refractivity contribution is 7.22. The molecule has 0 unspecified atom stereocenters. The van der Waals surface area contributed by atoms with Crippen molar-refractivity contribution in [1.82, 2.24) is 10.3 Å². The molecule has 0 atom stereocenters. The van der Waals surface area contributed by atoms with Crippen LogP contribution >= 0.6 is 11.3 Å². The van der Waals surface area contributed by atoms with Crippen molar-refractivity contribution in [3.05, 3.63) is 64.2 Å². The molecule has 1 aliphatic heterocycles. The SMILES string of the molecule is O=C(CCc1ccccc1)NC1CCN(c2nc3ccc([N+](=O)[O-])cc3s2)CC1. The first-order chi connectivity index (χ1) is 14.1. The Bertz CT molecular complexity index is 1010. The standard InChI is InChI=1S/C21H22N4O3S/c26-20(9-6-15-4-2-1-3-5-15)22-16-10-12-24(13-11-16)21-23-18-8-7-17(25(27)28)14-19(18)29-21/h1-5,7-8,14,16H,6,9-13H2,(H,22,26). The lowest BCUT2D eigenvalue weighted by molar-refractivity contribution is -0.384. The zero-order valence-corrected chi connectivity index (χ0v) is 16.7. The van der Waals surface area contributed by atoms with Crippen molar-refractivity contribution in [1.29, 1.82) is 0 Å². The van der Waals surface area contributed by atoms with E-state index < -0.39 is 0 Å². The van der Waals surface area contributed by atoms with Gasteiger partial charge in [-0.3, -0.25) is 14.9 Å². The van der Waals surface area contributed by atoms with Crippen LogP contribution in [0.3, 0.4) is 0 Å². The second-order valence-electron chi connectivity index (χ2n) is 7.22. The van der Waals surface area contributed by atoms with Gasteiger partial charge in [-0.2, -0.15) is 0 Å². The Labute approximate surface area is 172 Å². The van der Waals surface area contributed by atoms with Crippen LogP contribution in [0.4, 0.5) is 10.8 Å². The molecule has 1 fully saturated rings. The van der Waals surface area contributed by atoms with Crippen LogP contribution in [0, 0.1) is 10.1 Å². The number of fused-ring (bicyclic) bond motifs is 1. The first-order valence-electron chi connectivity index (χ1n) is 9.72. The van der Waals surface area contributed by atoms with Gasteiger partial charge >= 0.3 is 0 Å². The number of carbonyl (C=O) groups is 1. The minimum atomic E-state index is -0.384. The summed E-state index contributed by atoms with van der Waals surface area (Å²) in [5.41, 5.74) is 2.05. The normalized spacial score (nSPS) is 14.8. The van der Waals surface area contributed by atoms with Gasteiger partial charge in [0.2, 0.25) is 5.91 Å². The highest BCUT2D eigenvalue weighted by Gasteiger charge is 2.23. The van der Waals surface area contributed by atoms with Crippen LogP contribution in [0.1, 0.15) is 24.8 Å². The molecule has 29 heavy (non-hydrogen) atoms. The lowest BCUT2D eigenvalue weighted by Crippen LogP contribution is -2.44. The number of hydrogen-bond acceptors (Lipinski definition) is 6. The molecule has 2 aromatic carbocycles. The molecule has 1 saturated heterocycles. The number of nitro groups is 1. The molecule has 0 spiro atoms. The van der Waals surface area contributed by atoms with Gasteiger partial charge in [0.1, 0.15) is 0 Å². The quantitative estimate of drug-likeness (QED) is 0.491. The molecular formula is C21H22N4O3S. The fourth-order valence-electron chi connectivity index (χ4n) is 3.57. The smallest absolute Gasteiger partial charge is 0.270 e. The van der Waals surface area contributed by atoms with Crippen LogP contribution in [0.25, 0.3) is 10.2 Å². The Hall–Kier alpha value is -3.00. The molecular weight excluding hydrogens is 388 g/mol. The zero-order chi connectivity index (χ0) is 20.2. The number of carbonyl (C=O) groups excluding carboxylic acids is 1. The Morgan fingerprint density at radius 1 is 1.21 bits per heavy atom. The summed E-state index contributed by atoms with van der Waals surface area (Å²) < 4.78 is 0.825. The van der Waals surface area contributed by atoms with E-state index in [1.165, 1.54) is 23.0 Å². The number of hydrogen-bond donors (Lipinski definition) is 1. The third-order valence-corrected chi connectivity index (χ3v) is 6.26. The van der Waals surface area contributed by atoms with E-state index in [4.69, 9.17) is 0 Å². The van der Waals surface area contributed by atoms with Crippen molar-refractivity contribution in [2.45, 2.75) is 31.7 Å². The van der Waals surface area contributed by atoms with Crippen molar-refractivity contribution >= 4 is 38.3 Å². The van der Waals surface area contributed by atoms with Crippen LogP contribution < -0.4 is 10.2 Å². The zero-order valence-electron chi connectivity index (χ0n) is 15.9. The summed E-state index contributed by atoms with van der Waals surface area (Å²) in [5.74, 6) is 0.0969. The van der Waals surface area contributed by atoms with Crippen LogP contribution in [-0.4, -0.2) is 34.9 Å². The summed E-state index contributed by atoms with van der Waals surface area (Å²) in [6, 6.07) is 15.0. The summed E-state index contributed by atoms with van der Waals surface area (Å²) in [4.78, 5) is 29.6. The molecule has 0 saturated carbocycles. The lowest BCUT2D eigenvalue weighted by Gasteiger charge is -2.32. The molecule has 0 aliphatic carbocycles. The Kier molecular flexibility index (Phi) is 5.71. The number of aryl methyl sites for hydroxylation is 1. The monoisotopic (exact) mass is 410 g/mol. The molecule has 0 bridgehead atoms. The van der Waals surface area contributed by atoms with Crippen LogP contribution in [0.5, 0.6) is 0 Å². The number of thiazole rings is 1. The average Bonchev–Trinajstić information content (AvgIpc) is 3.17. The van der Waals surface area contributed by atoms with Gasteiger partial charge in [0.15, 0.2) is 5.13 Å². The number of amides is 1. The average molecular weight is 410 g/mol. The maximum atomic E-state index is 12.3. The van der Waals surface area contributed by atoms with Gasteiger partial charge in [0.05, 0.1) is 15.1 Å². The first kappa shape index (κ1) is 19.3. The fraction of sp³-hybridized carbons (Fsp3) is 0.333. The van der Waals surface area contributed by atoms with Crippen LogP contribution in [0.15, 0.2) is 48.5 Å². The molecule has 1 aromatic heterocycles. The third-order valence-electron chi connectivity index (χ3n) is 5.19. The van der Waals surface area contributed by atoms with Crippen LogP contribution in [0.2, 0.25) is 0 Å². The molecule has 2 heterocycles. The van der Waals surface area contributed by atoms with E-state index in [9.17, 15) is 14.9 Å². The van der Waals surface area contributed by atoms with Gasteiger partial charge in [0, 0.05) is 37.7 Å². The first-order valence-corrected chi connectivity index (χ1v) is 10.5. The number of anilines is 1. The number of nitro benzene ring substituents is 1. The summed E-state index contributed by atoms with van der Waals surface area (Å²) in [5, 5.41) is 15.0. The van der Waals surface area contributed by atoms with Gasteiger partial charge in [0.25, 0.3) is 5.69 Å². The molecule has 1 amide bonds. The van der Waals surface area contributed by atoms with Gasteiger partial charge in [-0.15, -0.1) is 0 Å². The number of nitrogens with zero attached hydrogens (tertiary/aromatic N) is 3. The van der Waals surface area contributed by atoms with E-state index in [1.54, 1.807) is 12.1 Å². The summed E-state index contributed by atoms with van der Waals surface area (Å²) in [6.07, 6.45) is 2.99. The Morgan fingerprint density at radius 3 is 2.69 bits per heavy atom. The molecule has 3 aromatic rings. The van der Waals surface area contributed by atoms with E-state index in [2.05, 4.69) is 15.2 Å². The van der Waals surface area contributed by atoms with Gasteiger partial charge in [-0.25, -0.2) is 4.98 Å². The van der Waals surface area contributed by atoms with E-state index in [-0.39, 0.29) is 22.6 Å². The second kappa shape index (κ2) is 8.57. The summed E-state index contributed by atoms with van der Waals surface area (Å²) >= 11 is 1.48. The molecule has 8 heteroatoms. The predicted octanol–water partition coefficient (Wildman–Crippen LogP) is 3.92. The number of aromatic nitrogens is 1. The van der Waals surface area contributed by atoms with Gasteiger partial charge in [-0.05, 0) is 30.9 Å². The Balaban J connectivity index is 1.29. The van der Waals surface area contributed by atoms with Gasteiger partial charge in [-0.1, -0.05) is 41.7 Å². The van der Waals surface area contributed by atoms with Crippen molar-refractivity contribution in [2.75, 3.05) is 18.0 Å². The molecule has 4 rings (SSSR count). The van der Waals surface area contributed by atoms with Crippen molar-refractivity contribution in [3.8, 4) is 0 Å². The van der Waals surface area contributed by atoms with Crippen LogP contribution in [-0.2, 0) is 11.2 Å². The summed E-state index contributed by atoms with van der Waals surface area (Å²) in [7, 11) is 0. The van der Waals surface area contributed by atoms with Crippen molar-refractivity contribution < 1.29 is 9.72 Å². The molecule has 150 valence electrons. The fourth-order valence-corrected chi connectivity index (χ4v) is 4.62. The Morgan fingerprint density at radius 2 is 1.97 bits per heavy atom. The van der Waals surface area contributed by atoms with E-state index in [0.717, 1.165) is 47.7 Å². The highest BCUT2D eigenvalue weighted by atomic mass is 32.1. The van der Waals surface area contributed by atoms with Gasteiger partial charge < -0.3 is 10.2 Å². The maximum absolute atomic E-state index is 12.3. The van der Waals surface area contributed by atoms with Crippen molar-refractivity contribution in [2.24, 2.45) is 0 Å². The number of rotatable bonds is 6. The molecule has 0 radical (unpaired) electrons. The maximum Gasteiger partial charge on any atom is 0.270 e. The third kappa shape index (κ3) is 4.71. The molecule has 1 aliphatic rings. The predicted molar refractivity (Wildman–Crippen MR) is 114 cm³/mol. The van der Waals surface area contributed by atoms with E-state index in [1.807, 2.05) is 30.3 Å². The number of nitrogens with one attached hydrogen (secondary N) is 1. The minimum Gasteiger partial charge on any atom is -0.353 e. The number of piperidine rings is 1. The lowest BCUT2D eigenvalue weighted by atomic mass is 10.0. The topological polar surface area (TPSA) is 88.4 Å². The second-order valence-corrected chi connectivity index (χ2v) is 8.23. The molecule has 1 N–H and O–H groups in total. The highest BCUT2D eigenvalue weighted by Crippen LogP contribution is 2.32. The molecule has 7 nitrogen and oxygen atoms in total. The minimum absolute atomic E-state index is 0.0876. The van der Waals surface area contributed by atoms with E-state index in [0.29, 0.717) is 6.42 Å². The number of non-ortho nitro benzene ring substituents is 1. The largest absolute Gasteiger partial charge is 0.353 e.